The molecule has 3 aromatic rings. The van der Waals surface area contributed by atoms with E-state index >= 15 is 0 Å². The number of para-hydroxylation sites is 1. The zero-order chi connectivity index (χ0) is 23.8. The van der Waals surface area contributed by atoms with Crippen molar-refractivity contribution in [2.45, 2.75) is 40.2 Å². The average Bonchev–Trinajstić information content (AvgIpc) is 3.24. The van der Waals surface area contributed by atoms with Gasteiger partial charge in [-0.25, -0.2) is 0 Å². The highest BCUT2D eigenvalue weighted by Crippen LogP contribution is 2.19. The maximum Gasteiger partial charge on any atom is 0.242 e. The Kier molecular flexibility index (Phi) is 8.52. The molecule has 176 valence electrons. The molecule has 2 aromatic carbocycles. The fourth-order valence-electron chi connectivity index (χ4n) is 4.02. The number of hydrogen-bond acceptors (Lipinski definition) is 3. The van der Waals surface area contributed by atoms with Gasteiger partial charge in [0.05, 0.1) is 13.7 Å². The summed E-state index contributed by atoms with van der Waals surface area (Å²) in [6, 6.07) is 16.0. The summed E-state index contributed by atoms with van der Waals surface area (Å²) in [5.41, 5.74) is 3.30. The lowest BCUT2D eigenvalue weighted by Crippen LogP contribution is -2.44. The van der Waals surface area contributed by atoms with E-state index in [0.717, 1.165) is 23.3 Å². The first-order valence-corrected chi connectivity index (χ1v) is 11.6. The molecule has 2 amide bonds. The summed E-state index contributed by atoms with van der Waals surface area (Å²) in [6.07, 6.45) is 3.15. The van der Waals surface area contributed by atoms with Crippen LogP contribution in [0.15, 0.2) is 54.7 Å². The van der Waals surface area contributed by atoms with Crippen molar-refractivity contribution in [3.63, 3.8) is 0 Å². The predicted molar refractivity (Wildman–Crippen MR) is 132 cm³/mol. The van der Waals surface area contributed by atoms with E-state index in [0.29, 0.717) is 32.0 Å². The number of nitrogens with zero attached hydrogens (tertiary/aromatic N) is 2. The largest absolute Gasteiger partial charge is 0.497 e. The van der Waals surface area contributed by atoms with Crippen molar-refractivity contribution < 1.29 is 14.3 Å². The van der Waals surface area contributed by atoms with Gasteiger partial charge in [-0.15, -0.1) is 0 Å². The number of amides is 2. The summed E-state index contributed by atoms with van der Waals surface area (Å²) < 4.78 is 5.26. The average molecular weight is 450 g/mol. The number of carbonyl (C=O) groups excluding carboxylic acids is 2. The van der Waals surface area contributed by atoms with Gasteiger partial charge in [0.1, 0.15) is 5.75 Å². The van der Waals surface area contributed by atoms with Gasteiger partial charge in [0, 0.05) is 43.2 Å². The summed E-state index contributed by atoms with van der Waals surface area (Å²) >= 11 is 0. The van der Waals surface area contributed by atoms with E-state index in [1.165, 1.54) is 10.9 Å². The van der Waals surface area contributed by atoms with Crippen molar-refractivity contribution in [1.82, 2.24) is 14.8 Å². The molecule has 0 spiro atoms. The van der Waals surface area contributed by atoms with E-state index in [-0.39, 0.29) is 18.4 Å². The molecular formula is C27H35N3O3. The van der Waals surface area contributed by atoms with Crippen LogP contribution in [0.4, 0.5) is 0 Å². The molecule has 1 heterocycles. The molecule has 0 bridgehead atoms. The van der Waals surface area contributed by atoms with Crippen molar-refractivity contribution in [3.05, 3.63) is 65.9 Å². The van der Waals surface area contributed by atoms with Crippen LogP contribution in [0.25, 0.3) is 10.9 Å². The van der Waals surface area contributed by atoms with E-state index in [4.69, 9.17) is 4.74 Å². The molecule has 0 aliphatic rings. The van der Waals surface area contributed by atoms with Crippen LogP contribution in [-0.4, -0.2) is 53.3 Å². The molecule has 1 N–H and O–H groups in total. The first-order valence-electron chi connectivity index (χ1n) is 11.6. The molecule has 0 fully saturated rings. The van der Waals surface area contributed by atoms with Gasteiger partial charge >= 0.3 is 0 Å². The Morgan fingerprint density at radius 1 is 1.00 bits per heavy atom. The van der Waals surface area contributed by atoms with Gasteiger partial charge in [0.25, 0.3) is 0 Å². The molecule has 33 heavy (non-hydrogen) atoms. The quantitative estimate of drug-likeness (QED) is 0.464. The minimum absolute atomic E-state index is 0.0121. The van der Waals surface area contributed by atoms with E-state index in [2.05, 4.69) is 31.0 Å². The lowest BCUT2D eigenvalue weighted by atomic mass is 10.1. The van der Waals surface area contributed by atoms with Crippen LogP contribution in [0.5, 0.6) is 5.75 Å². The van der Waals surface area contributed by atoms with Gasteiger partial charge in [0.2, 0.25) is 11.8 Å². The predicted octanol–water partition coefficient (Wildman–Crippen LogP) is 4.64. The van der Waals surface area contributed by atoms with Crippen LogP contribution in [-0.2, 0) is 22.6 Å². The molecule has 0 radical (unpaired) electrons. The van der Waals surface area contributed by atoms with Crippen molar-refractivity contribution in [2.75, 3.05) is 26.7 Å². The summed E-state index contributed by atoms with van der Waals surface area (Å²) in [5, 5.41) is 1.18. The van der Waals surface area contributed by atoms with Crippen LogP contribution in [0.1, 0.15) is 38.3 Å². The Morgan fingerprint density at radius 2 is 1.73 bits per heavy atom. The number of ether oxygens (including phenoxy) is 1. The minimum Gasteiger partial charge on any atom is -0.497 e. The van der Waals surface area contributed by atoms with E-state index in [1.54, 1.807) is 12.0 Å². The van der Waals surface area contributed by atoms with Gasteiger partial charge in [-0.2, -0.15) is 0 Å². The first kappa shape index (κ1) is 24.4. The highest BCUT2D eigenvalue weighted by molar-refractivity contribution is 5.85. The van der Waals surface area contributed by atoms with Gasteiger partial charge in [-0.1, -0.05) is 51.1 Å². The van der Waals surface area contributed by atoms with E-state index < -0.39 is 0 Å². The molecule has 0 unspecified atom stereocenters. The second-order valence-electron chi connectivity index (χ2n) is 8.79. The summed E-state index contributed by atoms with van der Waals surface area (Å²) in [5.74, 6) is 1.06. The molecule has 0 aliphatic carbocycles. The zero-order valence-electron chi connectivity index (χ0n) is 20.1. The van der Waals surface area contributed by atoms with Crippen LogP contribution in [0.3, 0.4) is 0 Å². The highest BCUT2D eigenvalue weighted by Gasteiger charge is 2.22. The number of hydrogen-bond donors (Lipinski definition) is 1. The van der Waals surface area contributed by atoms with Gasteiger partial charge < -0.3 is 19.5 Å². The van der Waals surface area contributed by atoms with Gasteiger partial charge in [0.15, 0.2) is 0 Å². The maximum atomic E-state index is 13.4. The summed E-state index contributed by atoms with van der Waals surface area (Å²) in [6.45, 7) is 7.71. The third-order valence-electron chi connectivity index (χ3n) is 5.78. The molecule has 0 saturated carbocycles. The van der Waals surface area contributed by atoms with Crippen LogP contribution in [0, 0.1) is 5.92 Å². The topological polar surface area (TPSA) is 65.6 Å². The Balaban J connectivity index is 1.78. The number of nitrogens with one attached hydrogen (secondary N) is 1. The lowest BCUT2D eigenvalue weighted by molar-refractivity contribution is -0.141. The summed E-state index contributed by atoms with van der Waals surface area (Å²) in [4.78, 5) is 32.7. The van der Waals surface area contributed by atoms with E-state index in [1.807, 2.05) is 54.4 Å². The third-order valence-corrected chi connectivity index (χ3v) is 5.78. The number of rotatable bonds is 11. The second kappa shape index (κ2) is 11.5. The van der Waals surface area contributed by atoms with Crippen molar-refractivity contribution in [3.8, 4) is 5.75 Å². The van der Waals surface area contributed by atoms with Gasteiger partial charge in [-0.05, 0) is 41.7 Å². The minimum atomic E-state index is -0.0342. The number of carbonyl (C=O) groups is 2. The van der Waals surface area contributed by atoms with Crippen molar-refractivity contribution in [1.29, 1.82) is 0 Å². The lowest BCUT2D eigenvalue weighted by Gasteiger charge is -2.29. The van der Waals surface area contributed by atoms with E-state index in [9.17, 15) is 9.59 Å². The number of benzene rings is 2. The summed E-state index contributed by atoms with van der Waals surface area (Å²) in [7, 11) is 1.64. The molecule has 0 atom stereocenters. The van der Waals surface area contributed by atoms with Crippen molar-refractivity contribution >= 4 is 22.7 Å². The number of aromatic nitrogens is 1. The molecule has 0 aliphatic heterocycles. The second-order valence-corrected chi connectivity index (χ2v) is 8.79. The molecular weight excluding hydrogens is 414 g/mol. The number of H-pyrrole nitrogens is 1. The molecule has 0 saturated heterocycles. The molecule has 6 heteroatoms. The molecule has 1 aromatic heterocycles. The van der Waals surface area contributed by atoms with Gasteiger partial charge in [-0.3, -0.25) is 9.59 Å². The molecule has 6 nitrogen and oxygen atoms in total. The molecule has 3 rings (SSSR count). The fraction of sp³-hybridized carbons (Fsp3) is 0.407. The Hall–Kier alpha value is -3.28. The number of fused-ring (bicyclic) bond motifs is 1. The monoisotopic (exact) mass is 449 g/mol. The highest BCUT2D eigenvalue weighted by atomic mass is 16.5. The number of aromatic amines is 1. The zero-order valence-corrected chi connectivity index (χ0v) is 20.1. The fourth-order valence-corrected chi connectivity index (χ4v) is 4.02. The smallest absolute Gasteiger partial charge is 0.242 e. The van der Waals surface area contributed by atoms with Crippen LogP contribution in [0.2, 0.25) is 0 Å². The number of methoxy groups -OCH3 is 1. The normalized spacial score (nSPS) is 11.1. The Morgan fingerprint density at radius 3 is 2.39 bits per heavy atom. The standard InChI is InChI=1S/C27H35N3O3/c1-5-26(31)30(17-20(2)3)19-27(32)29(18-21-10-12-23(33-4)13-11-21)15-14-22-16-28-25-9-7-6-8-24(22)25/h6-13,16,20,28H,5,14-15,17-19H2,1-4H3. The SMILES string of the molecule is CCC(=O)N(CC(=O)N(CCc1c[nH]c2ccccc12)Cc1ccc(OC)cc1)CC(C)C. The van der Waals surface area contributed by atoms with Crippen LogP contribution < -0.4 is 4.74 Å². The van der Waals surface area contributed by atoms with Crippen molar-refractivity contribution in [2.24, 2.45) is 5.92 Å². The van der Waals surface area contributed by atoms with Crippen LogP contribution >= 0.6 is 0 Å². The third kappa shape index (κ3) is 6.60. The maximum absolute atomic E-state index is 13.4. The first-order chi connectivity index (χ1) is 15.9. The Labute approximate surface area is 196 Å². The Bertz CT molecular complexity index is 1060.